The first kappa shape index (κ1) is 21.7. The first-order valence-corrected chi connectivity index (χ1v) is 11.5. The van der Waals surface area contributed by atoms with E-state index in [2.05, 4.69) is 20.0 Å². The van der Waals surface area contributed by atoms with Gasteiger partial charge in [-0.3, -0.25) is 4.72 Å². The molecule has 2 heterocycles. The number of aryl methyl sites for hydroxylation is 2. The Morgan fingerprint density at radius 1 is 1.12 bits per heavy atom. The lowest BCUT2D eigenvalue weighted by Crippen LogP contribution is -2.16. The largest absolute Gasteiger partial charge is 0.444 e. The van der Waals surface area contributed by atoms with Gasteiger partial charge in [-0.2, -0.15) is 0 Å². The summed E-state index contributed by atoms with van der Waals surface area (Å²) in [5, 5.41) is 8.14. The zero-order valence-electron chi connectivity index (χ0n) is 17.8. The molecule has 0 saturated carbocycles. The van der Waals surface area contributed by atoms with Crippen LogP contribution in [-0.4, -0.2) is 28.4 Å². The predicted molar refractivity (Wildman–Crippen MR) is 117 cm³/mol. The van der Waals surface area contributed by atoms with Crippen LogP contribution in [0.15, 0.2) is 58.0 Å². The average Bonchev–Trinajstić information content (AvgIpc) is 3.35. The van der Waals surface area contributed by atoms with E-state index in [0.717, 1.165) is 5.56 Å². The second-order valence-corrected chi connectivity index (χ2v) is 9.05. The van der Waals surface area contributed by atoms with Gasteiger partial charge >= 0.3 is 0 Å². The Morgan fingerprint density at radius 3 is 2.53 bits per heavy atom. The third-order valence-electron chi connectivity index (χ3n) is 4.99. The lowest BCUT2D eigenvalue weighted by Gasteiger charge is -2.11. The van der Waals surface area contributed by atoms with Gasteiger partial charge in [-0.05, 0) is 55.7 Å². The number of rotatable bonds is 7. The zero-order chi connectivity index (χ0) is 22.9. The van der Waals surface area contributed by atoms with E-state index < -0.39 is 10.0 Å². The summed E-state index contributed by atoms with van der Waals surface area (Å²) in [5.74, 6) is 0.179. The number of aromatic nitrogens is 4. The van der Waals surface area contributed by atoms with Crippen LogP contribution in [0.2, 0.25) is 0 Å². The molecule has 4 aromatic rings. The molecule has 0 bridgehead atoms. The normalized spacial score (nSPS) is 11.6. The van der Waals surface area contributed by atoms with Crippen molar-refractivity contribution in [2.75, 3.05) is 4.72 Å². The minimum Gasteiger partial charge on any atom is -0.444 e. The topological polar surface area (TPSA) is 103 Å². The standard InChI is InChI=1S/C22H22FN5O3S/c1-4-19-21(25-27-28(19)12-16-6-9-18(23)10-7-16)26-32(29,30)20-11-17(8-5-14(20)2)22-24-15(3)13-31-22/h5-11,13,26H,4,12H2,1-3H3. The fourth-order valence-electron chi connectivity index (χ4n) is 3.34. The highest BCUT2D eigenvalue weighted by molar-refractivity contribution is 7.92. The molecule has 0 aliphatic heterocycles. The average molecular weight is 456 g/mol. The number of nitrogens with zero attached hydrogens (tertiary/aromatic N) is 4. The molecule has 166 valence electrons. The van der Waals surface area contributed by atoms with E-state index in [4.69, 9.17) is 4.42 Å². The first-order valence-electron chi connectivity index (χ1n) is 9.99. The molecule has 4 rings (SSSR count). The molecule has 0 unspecified atom stereocenters. The molecule has 10 heteroatoms. The summed E-state index contributed by atoms with van der Waals surface area (Å²) in [7, 11) is -3.95. The van der Waals surface area contributed by atoms with Crippen LogP contribution in [0.1, 0.15) is 29.4 Å². The Hall–Kier alpha value is -3.53. The lowest BCUT2D eigenvalue weighted by molar-refractivity contribution is 0.573. The van der Waals surface area contributed by atoms with Crippen molar-refractivity contribution < 1.29 is 17.2 Å². The molecule has 0 saturated heterocycles. The summed E-state index contributed by atoms with van der Waals surface area (Å²) in [4.78, 5) is 4.36. The van der Waals surface area contributed by atoms with Crippen molar-refractivity contribution >= 4 is 15.8 Å². The molecule has 0 fully saturated rings. The molecule has 0 atom stereocenters. The van der Waals surface area contributed by atoms with Crippen molar-refractivity contribution in [2.45, 2.75) is 38.6 Å². The second kappa shape index (κ2) is 8.54. The summed E-state index contributed by atoms with van der Waals surface area (Å²) in [6.07, 6.45) is 2.01. The van der Waals surface area contributed by atoms with Crippen molar-refractivity contribution in [1.82, 2.24) is 20.0 Å². The van der Waals surface area contributed by atoms with E-state index >= 15 is 0 Å². The molecule has 2 aromatic carbocycles. The maximum absolute atomic E-state index is 13.2. The number of anilines is 1. The molecule has 0 amide bonds. The van der Waals surface area contributed by atoms with Gasteiger partial charge in [-0.15, -0.1) is 5.10 Å². The van der Waals surface area contributed by atoms with Crippen LogP contribution >= 0.6 is 0 Å². The van der Waals surface area contributed by atoms with Crippen LogP contribution in [-0.2, 0) is 23.0 Å². The summed E-state index contributed by atoms with van der Waals surface area (Å²) >= 11 is 0. The van der Waals surface area contributed by atoms with Gasteiger partial charge in [-0.25, -0.2) is 22.5 Å². The Kier molecular flexibility index (Phi) is 5.79. The van der Waals surface area contributed by atoms with Gasteiger partial charge in [0, 0.05) is 5.56 Å². The van der Waals surface area contributed by atoms with Gasteiger partial charge in [0.25, 0.3) is 10.0 Å². The van der Waals surface area contributed by atoms with E-state index in [0.29, 0.717) is 41.4 Å². The number of hydrogen-bond donors (Lipinski definition) is 1. The zero-order valence-corrected chi connectivity index (χ0v) is 18.6. The van der Waals surface area contributed by atoms with Crippen molar-refractivity contribution in [1.29, 1.82) is 0 Å². The van der Waals surface area contributed by atoms with Gasteiger partial charge in [0.2, 0.25) is 5.89 Å². The molecular weight excluding hydrogens is 433 g/mol. The van der Waals surface area contributed by atoms with Gasteiger partial charge in [-0.1, -0.05) is 30.3 Å². The van der Waals surface area contributed by atoms with Crippen LogP contribution < -0.4 is 4.72 Å². The Morgan fingerprint density at radius 2 is 1.88 bits per heavy atom. The lowest BCUT2D eigenvalue weighted by atomic mass is 10.1. The quantitative estimate of drug-likeness (QED) is 0.450. The number of hydrogen-bond acceptors (Lipinski definition) is 6. The minimum atomic E-state index is -3.95. The number of halogens is 1. The van der Waals surface area contributed by atoms with Crippen LogP contribution in [0.4, 0.5) is 10.2 Å². The first-order chi connectivity index (χ1) is 15.3. The third-order valence-corrected chi connectivity index (χ3v) is 6.47. The molecule has 0 aliphatic rings. The second-order valence-electron chi connectivity index (χ2n) is 7.40. The van der Waals surface area contributed by atoms with E-state index in [1.165, 1.54) is 24.5 Å². The Bertz CT molecular complexity index is 1360. The number of benzene rings is 2. The predicted octanol–water partition coefficient (Wildman–Crippen LogP) is 4.10. The van der Waals surface area contributed by atoms with E-state index in [9.17, 15) is 12.8 Å². The molecule has 32 heavy (non-hydrogen) atoms. The highest BCUT2D eigenvalue weighted by Gasteiger charge is 2.23. The van der Waals surface area contributed by atoms with Gasteiger partial charge in [0.05, 0.1) is 22.8 Å². The van der Waals surface area contributed by atoms with Crippen molar-refractivity contribution in [3.8, 4) is 11.5 Å². The van der Waals surface area contributed by atoms with Gasteiger partial charge < -0.3 is 4.42 Å². The number of sulfonamides is 1. The maximum Gasteiger partial charge on any atom is 0.263 e. The molecule has 0 radical (unpaired) electrons. The fourth-order valence-corrected chi connectivity index (χ4v) is 4.64. The smallest absolute Gasteiger partial charge is 0.263 e. The Labute approximate surface area is 185 Å². The van der Waals surface area contributed by atoms with Crippen molar-refractivity contribution in [3.05, 3.63) is 77.1 Å². The van der Waals surface area contributed by atoms with Crippen LogP contribution in [0.5, 0.6) is 0 Å². The Balaban J connectivity index is 1.64. The van der Waals surface area contributed by atoms with E-state index in [-0.39, 0.29) is 16.5 Å². The monoisotopic (exact) mass is 455 g/mol. The van der Waals surface area contributed by atoms with Crippen molar-refractivity contribution in [3.63, 3.8) is 0 Å². The van der Waals surface area contributed by atoms with E-state index in [1.54, 1.807) is 42.8 Å². The van der Waals surface area contributed by atoms with Gasteiger partial charge in [0.1, 0.15) is 12.1 Å². The van der Waals surface area contributed by atoms with Crippen LogP contribution in [0.3, 0.4) is 0 Å². The maximum atomic E-state index is 13.2. The van der Waals surface area contributed by atoms with Crippen molar-refractivity contribution in [2.24, 2.45) is 0 Å². The summed E-state index contributed by atoms with van der Waals surface area (Å²) in [6, 6.07) is 11.0. The summed E-state index contributed by atoms with van der Waals surface area (Å²) in [5.41, 5.74) is 3.27. The summed E-state index contributed by atoms with van der Waals surface area (Å²) in [6.45, 7) is 5.73. The summed E-state index contributed by atoms with van der Waals surface area (Å²) < 4.78 is 49.1. The third kappa shape index (κ3) is 4.40. The van der Waals surface area contributed by atoms with E-state index in [1.807, 2.05) is 6.92 Å². The van der Waals surface area contributed by atoms with Gasteiger partial charge in [0.15, 0.2) is 5.82 Å². The molecule has 0 spiro atoms. The molecule has 1 N–H and O–H groups in total. The van der Waals surface area contributed by atoms with Crippen LogP contribution in [0.25, 0.3) is 11.5 Å². The molecular formula is C22H22FN5O3S. The molecule has 0 aliphatic carbocycles. The highest BCUT2D eigenvalue weighted by atomic mass is 32.2. The highest BCUT2D eigenvalue weighted by Crippen LogP contribution is 2.27. The fraction of sp³-hybridized carbons (Fsp3) is 0.227. The molecule has 8 nitrogen and oxygen atoms in total. The number of nitrogens with one attached hydrogen (secondary N) is 1. The minimum absolute atomic E-state index is 0.0981. The SMILES string of the molecule is CCc1c(NS(=O)(=O)c2cc(-c3nc(C)co3)ccc2C)nnn1Cc1ccc(F)cc1. The van der Waals surface area contributed by atoms with Crippen LogP contribution in [0, 0.1) is 19.7 Å². The number of oxazole rings is 1. The molecule has 2 aromatic heterocycles.